The van der Waals surface area contributed by atoms with Gasteiger partial charge in [-0.25, -0.2) is 0 Å². The minimum absolute atomic E-state index is 0.0978. The molecule has 2 N–H and O–H groups in total. The second kappa shape index (κ2) is 6.93. The van der Waals surface area contributed by atoms with Gasteiger partial charge in [0.1, 0.15) is 0 Å². The molecule has 2 rings (SSSR count). The third-order valence-electron chi connectivity index (χ3n) is 5.63. The van der Waals surface area contributed by atoms with Crippen LogP contribution in [0.2, 0.25) is 0 Å². The predicted molar refractivity (Wildman–Crippen MR) is 81.7 cm³/mol. The molecule has 0 amide bonds. The molecule has 3 nitrogen and oxygen atoms in total. The highest BCUT2D eigenvalue weighted by molar-refractivity contribution is 5.70. The van der Waals surface area contributed by atoms with E-state index in [1.807, 2.05) is 0 Å². The Bertz CT molecular complexity index is 313. The van der Waals surface area contributed by atoms with Crippen molar-refractivity contribution in [2.24, 2.45) is 17.3 Å². The first-order valence-corrected chi connectivity index (χ1v) is 8.45. The molecule has 0 aliphatic heterocycles. The largest absolute Gasteiger partial charge is 0.481 e. The quantitative estimate of drug-likeness (QED) is 0.805. The average Bonchev–Trinajstić information content (AvgIpc) is 2.46. The van der Waals surface area contributed by atoms with Crippen LogP contribution in [0.15, 0.2) is 0 Å². The lowest BCUT2D eigenvalue weighted by atomic mass is 9.71. The fourth-order valence-corrected chi connectivity index (χ4v) is 3.98. The van der Waals surface area contributed by atoms with Gasteiger partial charge in [0.2, 0.25) is 0 Å². The van der Waals surface area contributed by atoms with E-state index in [1.165, 1.54) is 32.1 Å². The van der Waals surface area contributed by atoms with Crippen molar-refractivity contribution in [3.8, 4) is 0 Å². The molecule has 0 aromatic rings. The highest BCUT2D eigenvalue weighted by Gasteiger charge is 2.32. The SMILES string of the molecule is CC(C)(CNC1CCC(C(=O)O)CC1)C1CCCCC1. The minimum Gasteiger partial charge on any atom is -0.481 e. The van der Waals surface area contributed by atoms with E-state index in [0.717, 1.165) is 38.1 Å². The molecule has 0 bridgehead atoms. The molecule has 2 saturated carbocycles. The maximum absolute atomic E-state index is 11.0. The van der Waals surface area contributed by atoms with Crippen molar-refractivity contribution in [2.45, 2.75) is 77.7 Å². The lowest BCUT2D eigenvalue weighted by Crippen LogP contribution is -2.43. The van der Waals surface area contributed by atoms with E-state index in [-0.39, 0.29) is 5.92 Å². The molecule has 0 spiro atoms. The highest BCUT2D eigenvalue weighted by atomic mass is 16.4. The summed E-state index contributed by atoms with van der Waals surface area (Å²) in [6.07, 6.45) is 10.7. The van der Waals surface area contributed by atoms with Gasteiger partial charge in [-0.05, 0) is 49.9 Å². The first-order valence-electron chi connectivity index (χ1n) is 8.45. The van der Waals surface area contributed by atoms with Gasteiger partial charge < -0.3 is 10.4 Å². The standard InChI is InChI=1S/C17H31NO2/c1-17(2,14-6-4-3-5-7-14)12-18-15-10-8-13(9-11-15)16(19)20/h13-15,18H,3-12H2,1-2H3,(H,19,20). The second-order valence-corrected chi connectivity index (χ2v) is 7.59. The summed E-state index contributed by atoms with van der Waals surface area (Å²) in [4.78, 5) is 11.0. The Kier molecular flexibility index (Phi) is 5.48. The molecule has 20 heavy (non-hydrogen) atoms. The van der Waals surface area contributed by atoms with Crippen molar-refractivity contribution in [2.75, 3.05) is 6.54 Å². The van der Waals surface area contributed by atoms with E-state index < -0.39 is 5.97 Å². The van der Waals surface area contributed by atoms with Gasteiger partial charge in [0.05, 0.1) is 5.92 Å². The number of hydrogen-bond acceptors (Lipinski definition) is 2. The van der Waals surface area contributed by atoms with Gasteiger partial charge in [0, 0.05) is 12.6 Å². The Hall–Kier alpha value is -0.570. The van der Waals surface area contributed by atoms with Crippen LogP contribution >= 0.6 is 0 Å². The molecule has 2 aliphatic rings. The van der Waals surface area contributed by atoms with Gasteiger partial charge in [-0.2, -0.15) is 0 Å². The van der Waals surface area contributed by atoms with Crippen LogP contribution in [0.25, 0.3) is 0 Å². The summed E-state index contributed by atoms with van der Waals surface area (Å²) in [6, 6.07) is 0.536. The van der Waals surface area contributed by atoms with Crippen molar-refractivity contribution in [3.63, 3.8) is 0 Å². The number of carboxylic acid groups (broad SMARTS) is 1. The normalized spacial score (nSPS) is 29.3. The molecule has 0 unspecified atom stereocenters. The van der Waals surface area contributed by atoms with Crippen LogP contribution in [0.1, 0.15) is 71.6 Å². The molecule has 0 atom stereocenters. The highest BCUT2D eigenvalue weighted by Crippen LogP contribution is 2.38. The topological polar surface area (TPSA) is 49.3 Å². The zero-order chi connectivity index (χ0) is 14.6. The summed E-state index contributed by atoms with van der Waals surface area (Å²) >= 11 is 0. The third-order valence-corrected chi connectivity index (χ3v) is 5.63. The van der Waals surface area contributed by atoms with Gasteiger partial charge in [-0.15, -0.1) is 0 Å². The van der Waals surface area contributed by atoms with Gasteiger partial charge >= 0.3 is 5.97 Å². The summed E-state index contributed by atoms with van der Waals surface area (Å²) < 4.78 is 0. The van der Waals surface area contributed by atoms with Crippen molar-refractivity contribution >= 4 is 5.97 Å². The molecule has 3 heteroatoms. The minimum atomic E-state index is -0.606. The first-order chi connectivity index (χ1) is 9.49. The van der Waals surface area contributed by atoms with Crippen molar-refractivity contribution in [1.29, 1.82) is 0 Å². The fourth-order valence-electron chi connectivity index (χ4n) is 3.98. The molecule has 116 valence electrons. The van der Waals surface area contributed by atoms with Crippen LogP contribution < -0.4 is 5.32 Å². The number of rotatable bonds is 5. The molecule has 0 heterocycles. The number of carboxylic acids is 1. The Morgan fingerprint density at radius 3 is 2.20 bits per heavy atom. The molecule has 2 aliphatic carbocycles. The first kappa shape index (κ1) is 15.8. The van der Waals surface area contributed by atoms with E-state index in [0.29, 0.717) is 11.5 Å². The average molecular weight is 281 g/mol. The van der Waals surface area contributed by atoms with Crippen LogP contribution in [-0.4, -0.2) is 23.7 Å². The number of carbonyl (C=O) groups is 1. The third kappa shape index (κ3) is 4.21. The van der Waals surface area contributed by atoms with Crippen LogP contribution in [0, 0.1) is 17.3 Å². The van der Waals surface area contributed by atoms with Crippen molar-refractivity contribution < 1.29 is 9.90 Å². The van der Waals surface area contributed by atoms with Gasteiger partial charge in [-0.1, -0.05) is 33.1 Å². The summed E-state index contributed by atoms with van der Waals surface area (Å²) in [6.45, 7) is 5.89. The van der Waals surface area contributed by atoms with Gasteiger partial charge in [0.15, 0.2) is 0 Å². The maximum atomic E-state index is 11.0. The lowest BCUT2D eigenvalue weighted by Gasteiger charge is -2.39. The number of nitrogens with one attached hydrogen (secondary N) is 1. The summed E-state index contributed by atoms with van der Waals surface area (Å²) in [5.74, 6) is 0.157. The van der Waals surface area contributed by atoms with E-state index in [4.69, 9.17) is 5.11 Å². The maximum Gasteiger partial charge on any atom is 0.306 e. The fraction of sp³-hybridized carbons (Fsp3) is 0.941. The van der Waals surface area contributed by atoms with Gasteiger partial charge in [0.25, 0.3) is 0 Å². The molecule has 0 aromatic carbocycles. The molecule has 0 radical (unpaired) electrons. The Balaban J connectivity index is 1.73. The summed E-state index contributed by atoms with van der Waals surface area (Å²) in [5, 5.41) is 12.8. The molecular formula is C17H31NO2. The predicted octanol–water partition coefficient (Wildman–Crippen LogP) is 3.83. The van der Waals surface area contributed by atoms with Crippen molar-refractivity contribution in [3.05, 3.63) is 0 Å². The Labute approximate surface area is 123 Å². The van der Waals surface area contributed by atoms with Crippen LogP contribution in [0.3, 0.4) is 0 Å². The van der Waals surface area contributed by atoms with Crippen LogP contribution in [-0.2, 0) is 4.79 Å². The molecule has 2 fully saturated rings. The van der Waals surface area contributed by atoms with E-state index >= 15 is 0 Å². The smallest absolute Gasteiger partial charge is 0.306 e. The summed E-state index contributed by atoms with van der Waals surface area (Å²) in [7, 11) is 0. The molecule has 0 aromatic heterocycles. The van der Waals surface area contributed by atoms with Crippen LogP contribution in [0.4, 0.5) is 0 Å². The lowest BCUT2D eigenvalue weighted by molar-refractivity contribution is -0.142. The Morgan fingerprint density at radius 1 is 1.05 bits per heavy atom. The number of hydrogen-bond donors (Lipinski definition) is 2. The van der Waals surface area contributed by atoms with Crippen LogP contribution in [0.5, 0.6) is 0 Å². The monoisotopic (exact) mass is 281 g/mol. The van der Waals surface area contributed by atoms with Gasteiger partial charge in [-0.3, -0.25) is 4.79 Å². The zero-order valence-corrected chi connectivity index (χ0v) is 13.2. The molecule has 0 saturated heterocycles. The Morgan fingerprint density at radius 2 is 1.65 bits per heavy atom. The second-order valence-electron chi connectivity index (χ2n) is 7.59. The molecular weight excluding hydrogens is 250 g/mol. The van der Waals surface area contributed by atoms with Crippen molar-refractivity contribution in [1.82, 2.24) is 5.32 Å². The van der Waals surface area contributed by atoms with E-state index in [2.05, 4.69) is 19.2 Å². The van der Waals surface area contributed by atoms with E-state index in [9.17, 15) is 4.79 Å². The van der Waals surface area contributed by atoms with E-state index in [1.54, 1.807) is 0 Å². The number of aliphatic carboxylic acids is 1. The summed E-state index contributed by atoms with van der Waals surface area (Å²) in [5.41, 5.74) is 0.379. The zero-order valence-electron chi connectivity index (χ0n) is 13.2.